The highest BCUT2D eigenvalue weighted by molar-refractivity contribution is 9.10. The van der Waals surface area contributed by atoms with Crippen LogP contribution in [0.15, 0.2) is 53.0 Å². The van der Waals surface area contributed by atoms with Crippen LogP contribution in [0.2, 0.25) is 0 Å². The van der Waals surface area contributed by atoms with Gasteiger partial charge in [0.2, 0.25) is 0 Å². The van der Waals surface area contributed by atoms with Crippen molar-refractivity contribution in [1.29, 1.82) is 0 Å². The number of halogens is 1. The fraction of sp³-hybridized carbons (Fsp3) is 0. The van der Waals surface area contributed by atoms with Crippen molar-refractivity contribution < 1.29 is 0 Å². The van der Waals surface area contributed by atoms with Crippen LogP contribution < -0.4 is 0 Å². The molecule has 0 aliphatic heterocycles. The average molecular weight is 270 g/mol. The van der Waals surface area contributed by atoms with Crippen molar-refractivity contribution >= 4 is 43.3 Å². The van der Waals surface area contributed by atoms with Gasteiger partial charge in [-0.25, -0.2) is 0 Å². The van der Waals surface area contributed by atoms with Gasteiger partial charge < -0.3 is 4.40 Å². The second-order valence-corrected chi connectivity index (χ2v) is 4.91. The third-order valence-electron chi connectivity index (χ3n) is 3.22. The Kier molecular flexibility index (Phi) is 1.49. The van der Waals surface area contributed by atoms with Gasteiger partial charge in [0, 0.05) is 15.2 Å². The molecule has 0 spiro atoms. The van der Waals surface area contributed by atoms with Crippen LogP contribution in [0.4, 0.5) is 0 Å². The topological polar surface area (TPSA) is 4.41 Å². The first kappa shape index (κ1) is 8.59. The second kappa shape index (κ2) is 2.77. The van der Waals surface area contributed by atoms with E-state index in [1.807, 2.05) is 0 Å². The molecule has 4 aromatic rings. The lowest BCUT2D eigenvalue weighted by atomic mass is 10.2. The lowest BCUT2D eigenvalue weighted by molar-refractivity contribution is 1.35. The van der Waals surface area contributed by atoms with E-state index in [-0.39, 0.29) is 0 Å². The van der Waals surface area contributed by atoms with Gasteiger partial charge in [0.05, 0.1) is 16.6 Å². The molecule has 0 aliphatic rings. The summed E-state index contributed by atoms with van der Waals surface area (Å²) in [4.78, 5) is 0. The van der Waals surface area contributed by atoms with Crippen LogP contribution in [0.1, 0.15) is 0 Å². The highest BCUT2D eigenvalue weighted by Gasteiger charge is 2.12. The van der Waals surface area contributed by atoms with E-state index in [1.165, 1.54) is 31.8 Å². The summed E-state index contributed by atoms with van der Waals surface area (Å²) in [6.07, 6.45) is 0. The number of benzene rings is 1. The van der Waals surface area contributed by atoms with Crippen molar-refractivity contribution in [1.82, 2.24) is 4.40 Å². The van der Waals surface area contributed by atoms with Gasteiger partial charge >= 0.3 is 0 Å². The predicted octanol–water partition coefficient (Wildman–Crippen LogP) is 4.45. The molecule has 0 saturated heterocycles. The second-order valence-electron chi connectivity index (χ2n) is 4.05. The van der Waals surface area contributed by atoms with E-state index in [0.29, 0.717) is 0 Å². The summed E-state index contributed by atoms with van der Waals surface area (Å²) in [6, 6.07) is 17.2. The largest absolute Gasteiger partial charge is 0.308 e. The lowest BCUT2D eigenvalue weighted by Crippen LogP contribution is -1.79. The normalized spacial score (nSPS) is 12.1. The Morgan fingerprint density at radius 1 is 0.750 bits per heavy atom. The van der Waals surface area contributed by atoms with Crippen LogP contribution in [0.5, 0.6) is 0 Å². The molecule has 4 rings (SSSR count). The van der Waals surface area contributed by atoms with Gasteiger partial charge in [-0.1, -0.05) is 30.3 Å². The Morgan fingerprint density at radius 3 is 2.25 bits per heavy atom. The van der Waals surface area contributed by atoms with E-state index in [2.05, 4.69) is 68.9 Å². The smallest absolute Gasteiger partial charge is 0.0605 e. The maximum Gasteiger partial charge on any atom is 0.0605 e. The molecule has 1 aromatic carbocycles. The van der Waals surface area contributed by atoms with Gasteiger partial charge in [-0.3, -0.25) is 0 Å². The summed E-state index contributed by atoms with van der Waals surface area (Å²) < 4.78 is 3.48. The molecule has 0 radical (unpaired) electrons. The maximum absolute atomic E-state index is 3.62. The molecule has 0 unspecified atom stereocenters. The molecule has 0 bridgehead atoms. The predicted molar refractivity (Wildman–Crippen MR) is 71.3 cm³/mol. The number of fused-ring (bicyclic) bond motifs is 3. The Labute approximate surface area is 101 Å². The Balaban J connectivity index is 2.50. The number of pyridine rings is 1. The third-order valence-corrected chi connectivity index (χ3v) is 3.85. The van der Waals surface area contributed by atoms with Crippen LogP contribution in [0, 0.1) is 0 Å². The fourth-order valence-electron chi connectivity index (χ4n) is 2.55. The molecule has 76 valence electrons. The zero-order valence-corrected chi connectivity index (χ0v) is 10.0. The highest BCUT2D eigenvalue weighted by atomic mass is 79.9. The van der Waals surface area contributed by atoms with Gasteiger partial charge in [0.1, 0.15) is 0 Å². The van der Waals surface area contributed by atoms with Crippen molar-refractivity contribution in [2.24, 2.45) is 0 Å². The molecular weight excluding hydrogens is 262 g/mol. The summed E-state index contributed by atoms with van der Waals surface area (Å²) in [5, 5.41) is 2.65. The molecular formula is C14H8BrN. The number of aromatic nitrogens is 1. The summed E-state index contributed by atoms with van der Waals surface area (Å²) in [6.45, 7) is 0. The Morgan fingerprint density at radius 2 is 1.44 bits per heavy atom. The highest BCUT2D eigenvalue weighted by Crippen LogP contribution is 2.35. The van der Waals surface area contributed by atoms with E-state index >= 15 is 0 Å². The molecule has 0 aliphatic carbocycles. The van der Waals surface area contributed by atoms with Crippen LogP contribution in [0.3, 0.4) is 0 Å². The van der Waals surface area contributed by atoms with E-state index in [9.17, 15) is 0 Å². The van der Waals surface area contributed by atoms with Crippen LogP contribution >= 0.6 is 15.9 Å². The van der Waals surface area contributed by atoms with Gasteiger partial charge in [-0.05, 0) is 34.1 Å². The average Bonchev–Trinajstić information content (AvgIpc) is 2.82. The van der Waals surface area contributed by atoms with Gasteiger partial charge in [0.15, 0.2) is 0 Å². The monoisotopic (exact) mass is 269 g/mol. The summed E-state index contributed by atoms with van der Waals surface area (Å²) >= 11 is 3.62. The van der Waals surface area contributed by atoms with Crippen LogP contribution in [-0.2, 0) is 0 Å². The zero-order chi connectivity index (χ0) is 10.7. The van der Waals surface area contributed by atoms with Crippen LogP contribution in [-0.4, -0.2) is 4.40 Å². The SMILES string of the molecule is Brc1cc2c3ccccc3c3cccc1n32. The number of rotatable bonds is 0. The molecule has 3 aromatic heterocycles. The summed E-state index contributed by atoms with van der Waals surface area (Å²) in [5.74, 6) is 0. The van der Waals surface area contributed by atoms with E-state index in [4.69, 9.17) is 0 Å². The quantitative estimate of drug-likeness (QED) is 0.444. The molecule has 0 atom stereocenters. The van der Waals surface area contributed by atoms with Crippen molar-refractivity contribution in [2.45, 2.75) is 0 Å². The summed E-state index contributed by atoms with van der Waals surface area (Å²) in [7, 11) is 0. The molecule has 0 fully saturated rings. The molecule has 1 nitrogen and oxygen atoms in total. The van der Waals surface area contributed by atoms with Gasteiger partial charge in [0.25, 0.3) is 0 Å². The molecule has 16 heavy (non-hydrogen) atoms. The van der Waals surface area contributed by atoms with E-state index < -0.39 is 0 Å². The zero-order valence-electron chi connectivity index (χ0n) is 8.44. The van der Waals surface area contributed by atoms with Crippen molar-refractivity contribution in [3.05, 3.63) is 53.0 Å². The first-order chi connectivity index (χ1) is 7.86. The standard InChI is InChI=1S/C14H8BrN/c15-11-8-14-10-5-2-1-4-9(10)12-6-3-7-13(11)16(12)14/h1-8H. The van der Waals surface area contributed by atoms with Gasteiger partial charge in [-0.15, -0.1) is 0 Å². The lowest BCUT2D eigenvalue weighted by Gasteiger charge is -1.96. The van der Waals surface area contributed by atoms with Crippen LogP contribution in [0.25, 0.3) is 27.3 Å². The van der Waals surface area contributed by atoms with E-state index in [0.717, 1.165) is 0 Å². The van der Waals surface area contributed by atoms with E-state index in [1.54, 1.807) is 0 Å². The maximum atomic E-state index is 3.62. The van der Waals surface area contributed by atoms with Gasteiger partial charge in [-0.2, -0.15) is 0 Å². The first-order valence-corrected chi connectivity index (χ1v) is 6.05. The molecule has 0 amide bonds. The number of nitrogens with zero attached hydrogens (tertiary/aromatic N) is 1. The Bertz CT molecular complexity index is 813. The minimum atomic E-state index is 1.17. The molecule has 0 N–H and O–H groups in total. The van der Waals surface area contributed by atoms with Crippen molar-refractivity contribution in [3.8, 4) is 0 Å². The fourth-order valence-corrected chi connectivity index (χ4v) is 3.08. The van der Waals surface area contributed by atoms with Crippen molar-refractivity contribution in [2.75, 3.05) is 0 Å². The third kappa shape index (κ3) is 0.866. The molecule has 0 saturated carbocycles. The number of hydrogen-bond donors (Lipinski definition) is 0. The number of hydrogen-bond acceptors (Lipinski definition) is 0. The summed E-state index contributed by atoms with van der Waals surface area (Å²) in [5.41, 5.74) is 3.81. The van der Waals surface area contributed by atoms with Crippen molar-refractivity contribution in [3.63, 3.8) is 0 Å². The minimum absolute atomic E-state index is 1.17. The molecule has 3 heterocycles. The Hall–Kier alpha value is -1.54. The first-order valence-electron chi connectivity index (χ1n) is 5.26. The molecule has 2 heteroatoms. The minimum Gasteiger partial charge on any atom is -0.308 e.